The van der Waals surface area contributed by atoms with Crippen molar-refractivity contribution in [1.82, 2.24) is 0 Å². The molecule has 0 aromatic heterocycles. The number of benzene rings is 6. The SMILES string of the molecule is C(=C\c1c2ccccc2cc2ccccc12)/c1ccc2c(c1)C1=C2c2cccc3cccc1c23. The molecule has 8 rings (SSSR count). The number of hydrogen-bond acceptors (Lipinski definition) is 0. The van der Waals surface area contributed by atoms with E-state index in [1.165, 1.54) is 76.8 Å². The summed E-state index contributed by atoms with van der Waals surface area (Å²) in [7, 11) is 0. The van der Waals surface area contributed by atoms with Crippen LogP contribution >= 0.6 is 0 Å². The molecule has 0 radical (unpaired) electrons. The minimum Gasteiger partial charge on any atom is -0.0616 e. The quantitative estimate of drug-likeness (QED) is 0.190. The molecular weight excluding hydrogens is 408 g/mol. The van der Waals surface area contributed by atoms with Gasteiger partial charge in [0.05, 0.1) is 0 Å². The molecule has 0 heterocycles. The molecule has 2 aliphatic carbocycles. The zero-order valence-corrected chi connectivity index (χ0v) is 18.5. The number of hydrogen-bond donors (Lipinski definition) is 0. The van der Waals surface area contributed by atoms with Gasteiger partial charge in [0.25, 0.3) is 0 Å². The second kappa shape index (κ2) is 6.56. The third-order valence-corrected chi connectivity index (χ3v) is 7.53. The zero-order valence-electron chi connectivity index (χ0n) is 18.5. The minimum absolute atomic E-state index is 1.24. The van der Waals surface area contributed by atoms with Crippen molar-refractivity contribution in [3.8, 4) is 0 Å². The van der Waals surface area contributed by atoms with Crippen molar-refractivity contribution in [1.29, 1.82) is 0 Å². The van der Waals surface area contributed by atoms with E-state index < -0.39 is 0 Å². The summed E-state index contributed by atoms with van der Waals surface area (Å²) < 4.78 is 0. The van der Waals surface area contributed by atoms with Gasteiger partial charge in [0.15, 0.2) is 0 Å². The summed E-state index contributed by atoms with van der Waals surface area (Å²) in [6.07, 6.45) is 4.57. The van der Waals surface area contributed by atoms with Crippen molar-refractivity contribution < 1.29 is 0 Å². The van der Waals surface area contributed by atoms with Crippen LogP contribution in [0.15, 0.2) is 109 Å². The first-order valence-corrected chi connectivity index (χ1v) is 11.9. The topological polar surface area (TPSA) is 0 Å². The Morgan fingerprint density at radius 2 is 1.03 bits per heavy atom. The smallest absolute Gasteiger partial charge is 0.00134 e. The first-order chi connectivity index (χ1) is 16.9. The Hall–Kier alpha value is -4.42. The highest BCUT2D eigenvalue weighted by molar-refractivity contribution is 6.27. The van der Waals surface area contributed by atoms with Crippen molar-refractivity contribution in [2.24, 2.45) is 0 Å². The van der Waals surface area contributed by atoms with Crippen molar-refractivity contribution in [2.45, 2.75) is 0 Å². The van der Waals surface area contributed by atoms with E-state index in [1.54, 1.807) is 0 Å². The molecule has 0 nitrogen and oxygen atoms in total. The Morgan fingerprint density at radius 3 is 1.74 bits per heavy atom. The van der Waals surface area contributed by atoms with Crippen LogP contribution in [0.25, 0.3) is 55.6 Å². The van der Waals surface area contributed by atoms with Crippen LogP contribution < -0.4 is 0 Å². The van der Waals surface area contributed by atoms with Crippen LogP contribution in [0, 0.1) is 0 Å². The van der Waals surface area contributed by atoms with Gasteiger partial charge in [0.1, 0.15) is 0 Å². The highest BCUT2D eigenvalue weighted by Crippen LogP contribution is 2.55. The van der Waals surface area contributed by atoms with Crippen LogP contribution in [-0.2, 0) is 0 Å². The lowest BCUT2D eigenvalue weighted by atomic mass is 9.78. The van der Waals surface area contributed by atoms with E-state index in [9.17, 15) is 0 Å². The maximum absolute atomic E-state index is 2.36. The second-order valence-electron chi connectivity index (χ2n) is 9.33. The first-order valence-electron chi connectivity index (χ1n) is 11.9. The van der Waals surface area contributed by atoms with Crippen LogP contribution in [0.4, 0.5) is 0 Å². The van der Waals surface area contributed by atoms with Crippen molar-refractivity contribution in [2.75, 3.05) is 0 Å². The Morgan fingerprint density at radius 1 is 0.412 bits per heavy atom. The fourth-order valence-electron chi connectivity index (χ4n) is 6.02. The van der Waals surface area contributed by atoms with Gasteiger partial charge in [-0.05, 0) is 89.0 Å². The van der Waals surface area contributed by atoms with Gasteiger partial charge in [0, 0.05) is 0 Å². The molecule has 6 aromatic carbocycles. The van der Waals surface area contributed by atoms with E-state index in [-0.39, 0.29) is 0 Å². The van der Waals surface area contributed by atoms with Crippen molar-refractivity contribution in [3.63, 3.8) is 0 Å². The lowest BCUT2D eigenvalue weighted by Crippen LogP contribution is -2.04. The molecule has 0 saturated heterocycles. The summed E-state index contributed by atoms with van der Waals surface area (Å²) in [5.41, 5.74) is 10.9. The molecule has 0 bridgehead atoms. The molecule has 0 fully saturated rings. The average Bonchev–Trinajstić information content (AvgIpc) is 3.16. The van der Waals surface area contributed by atoms with E-state index >= 15 is 0 Å². The molecule has 0 spiro atoms. The molecule has 0 unspecified atom stereocenters. The molecule has 0 aliphatic heterocycles. The second-order valence-corrected chi connectivity index (χ2v) is 9.33. The molecular formula is C34H20. The van der Waals surface area contributed by atoms with Gasteiger partial charge in [-0.15, -0.1) is 0 Å². The summed E-state index contributed by atoms with van der Waals surface area (Å²) >= 11 is 0. The summed E-state index contributed by atoms with van der Waals surface area (Å²) in [5, 5.41) is 7.90. The monoisotopic (exact) mass is 428 g/mol. The van der Waals surface area contributed by atoms with Gasteiger partial charge in [-0.1, -0.05) is 109 Å². The first kappa shape index (κ1) is 18.1. The Kier molecular flexibility index (Phi) is 3.48. The van der Waals surface area contributed by atoms with Crippen LogP contribution in [0.2, 0.25) is 0 Å². The van der Waals surface area contributed by atoms with Gasteiger partial charge >= 0.3 is 0 Å². The predicted octanol–water partition coefficient (Wildman–Crippen LogP) is 8.95. The predicted molar refractivity (Wildman–Crippen MR) is 146 cm³/mol. The van der Waals surface area contributed by atoms with Crippen LogP contribution in [0.5, 0.6) is 0 Å². The van der Waals surface area contributed by atoms with Crippen LogP contribution in [0.3, 0.4) is 0 Å². The highest BCUT2D eigenvalue weighted by Gasteiger charge is 2.34. The van der Waals surface area contributed by atoms with Crippen molar-refractivity contribution >= 4 is 55.6 Å². The molecule has 6 aromatic rings. The van der Waals surface area contributed by atoms with Crippen LogP contribution in [-0.4, -0.2) is 0 Å². The molecule has 0 N–H and O–H groups in total. The lowest BCUT2D eigenvalue weighted by Gasteiger charge is -2.24. The third kappa shape index (κ3) is 2.32. The minimum atomic E-state index is 1.24. The van der Waals surface area contributed by atoms with E-state index in [0.29, 0.717) is 0 Å². The zero-order chi connectivity index (χ0) is 22.2. The summed E-state index contributed by atoms with van der Waals surface area (Å²) in [4.78, 5) is 0. The molecule has 0 atom stereocenters. The van der Waals surface area contributed by atoms with Gasteiger partial charge in [0.2, 0.25) is 0 Å². The van der Waals surface area contributed by atoms with Gasteiger partial charge < -0.3 is 0 Å². The van der Waals surface area contributed by atoms with Gasteiger partial charge in [-0.3, -0.25) is 0 Å². The highest BCUT2D eigenvalue weighted by atomic mass is 14.4. The Bertz CT molecular complexity index is 1840. The Balaban J connectivity index is 1.26. The summed E-state index contributed by atoms with van der Waals surface area (Å²) in [5.74, 6) is 0. The van der Waals surface area contributed by atoms with E-state index in [2.05, 4.69) is 121 Å². The van der Waals surface area contributed by atoms with E-state index in [0.717, 1.165) is 0 Å². The maximum Gasteiger partial charge on any atom is -0.00134 e. The normalized spacial score (nSPS) is 13.6. The van der Waals surface area contributed by atoms with Gasteiger partial charge in [-0.25, -0.2) is 0 Å². The molecule has 0 amide bonds. The third-order valence-electron chi connectivity index (χ3n) is 7.53. The average molecular weight is 429 g/mol. The maximum atomic E-state index is 2.36. The molecule has 156 valence electrons. The Labute approximate surface area is 198 Å². The van der Waals surface area contributed by atoms with E-state index in [4.69, 9.17) is 0 Å². The van der Waals surface area contributed by atoms with Gasteiger partial charge in [-0.2, -0.15) is 0 Å². The fraction of sp³-hybridized carbons (Fsp3) is 0. The molecule has 2 aliphatic rings. The fourth-order valence-corrected chi connectivity index (χ4v) is 6.02. The largest absolute Gasteiger partial charge is 0.0616 e. The molecule has 34 heavy (non-hydrogen) atoms. The standard InChI is InChI=1S/C34H20/c1-3-11-25-23(7-1)20-24-8-2-4-12-26(24)27(25)17-15-21-16-18-28-31(19-21)34-30-14-6-10-22-9-5-13-29(32(22)30)33(28)34/h1-20H/b17-15+. The molecule has 0 saturated carbocycles. The summed E-state index contributed by atoms with van der Waals surface area (Å²) in [6.45, 7) is 0. The van der Waals surface area contributed by atoms with E-state index in [1.807, 2.05) is 0 Å². The number of fused-ring (bicyclic) bond motifs is 7. The van der Waals surface area contributed by atoms with Crippen molar-refractivity contribution in [3.05, 3.63) is 143 Å². The number of rotatable bonds is 2. The summed E-state index contributed by atoms with van der Waals surface area (Å²) in [6, 6.07) is 40.0. The van der Waals surface area contributed by atoms with Crippen LogP contribution in [0.1, 0.15) is 33.4 Å². The molecule has 0 heteroatoms. The lowest BCUT2D eigenvalue weighted by molar-refractivity contribution is 1.47.